The van der Waals surface area contributed by atoms with Crippen molar-refractivity contribution in [2.45, 2.75) is 37.1 Å². The molecule has 0 bridgehead atoms. The monoisotopic (exact) mass is 628 g/mol. The van der Waals surface area contributed by atoms with Crippen LogP contribution in [0.15, 0.2) is 65.6 Å². The van der Waals surface area contributed by atoms with Crippen LogP contribution in [-0.2, 0) is 31.1 Å². The van der Waals surface area contributed by atoms with Crippen LogP contribution >= 0.6 is 11.6 Å². The SMILES string of the molecule is C[C@@H](c1ccc(F)cc1CCCC(=O)N1CCS(=O)(=O)CC1)N(c1cc(F)ccc1F)S(=O)(=O)c1ccc(Cl)cc1. The van der Waals surface area contributed by atoms with Crippen LogP contribution in [0.2, 0.25) is 5.02 Å². The van der Waals surface area contributed by atoms with Gasteiger partial charge in [0.2, 0.25) is 5.91 Å². The van der Waals surface area contributed by atoms with E-state index in [9.17, 15) is 30.4 Å². The lowest BCUT2D eigenvalue weighted by Crippen LogP contribution is -2.43. The van der Waals surface area contributed by atoms with E-state index in [4.69, 9.17) is 11.6 Å². The number of hydrogen-bond acceptors (Lipinski definition) is 5. The number of halogens is 4. The van der Waals surface area contributed by atoms with Gasteiger partial charge in [0, 0.05) is 30.6 Å². The van der Waals surface area contributed by atoms with E-state index in [2.05, 4.69) is 0 Å². The molecule has 41 heavy (non-hydrogen) atoms. The first-order valence-corrected chi connectivity index (χ1v) is 16.4. The Bertz CT molecular complexity index is 1640. The molecule has 7 nitrogen and oxygen atoms in total. The van der Waals surface area contributed by atoms with Crippen LogP contribution in [0.4, 0.5) is 18.9 Å². The lowest BCUT2D eigenvalue weighted by atomic mass is 9.96. The average molecular weight is 629 g/mol. The van der Waals surface area contributed by atoms with E-state index in [-0.39, 0.29) is 59.7 Å². The molecule has 0 N–H and O–H groups in total. The number of rotatable bonds is 9. The fraction of sp³-hybridized carbons (Fsp3) is 0.321. The van der Waals surface area contributed by atoms with Crippen molar-refractivity contribution in [1.29, 1.82) is 0 Å². The molecule has 3 aromatic rings. The van der Waals surface area contributed by atoms with Crippen LogP contribution in [0, 0.1) is 17.5 Å². The highest BCUT2D eigenvalue weighted by atomic mass is 35.5. The number of anilines is 1. The molecule has 1 aliphatic rings. The van der Waals surface area contributed by atoms with Crippen LogP contribution in [0.5, 0.6) is 0 Å². The first kappa shape index (κ1) is 30.9. The number of nitrogens with zero attached hydrogens (tertiary/aromatic N) is 2. The molecular weight excluding hydrogens is 601 g/mol. The quantitative estimate of drug-likeness (QED) is 0.321. The maximum atomic E-state index is 15.1. The molecule has 1 fully saturated rings. The zero-order chi connectivity index (χ0) is 29.9. The Morgan fingerprint density at radius 3 is 2.24 bits per heavy atom. The molecule has 0 radical (unpaired) electrons. The molecule has 1 amide bonds. The standard InChI is InChI=1S/C28H28ClF3N2O5S2/c1-19(34(27-18-23(31)8-12-26(27)32)41(38,39)24-9-5-21(29)6-10-24)25-11-7-22(30)17-20(25)3-2-4-28(35)33-13-15-40(36,37)16-14-33/h5-12,17-19H,2-4,13-16H2,1H3/t19-/m0/s1. The maximum absolute atomic E-state index is 15.1. The molecule has 1 saturated heterocycles. The van der Waals surface area contributed by atoms with Gasteiger partial charge in [-0.2, -0.15) is 0 Å². The summed E-state index contributed by atoms with van der Waals surface area (Å²) in [5.74, 6) is -2.85. The maximum Gasteiger partial charge on any atom is 0.264 e. The van der Waals surface area contributed by atoms with E-state index in [1.165, 1.54) is 48.2 Å². The van der Waals surface area contributed by atoms with Gasteiger partial charge in [-0.3, -0.25) is 9.10 Å². The Balaban J connectivity index is 1.65. The van der Waals surface area contributed by atoms with Crippen molar-refractivity contribution < 1.29 is 34.8 Å². The van der Waals surface area contributed by atoms with Crippen LogP contribution < -0.4 is 4.31 Å². The summed E-state index contributed by atoms with van der Waals surface area (Å²) in [7, 11) is -7.63. The van der Waals surface area contributed by atoms with E-state index >= 15 is 4.39 Å². The van der Waals surface area contributed by atoms with E-state index in [0.29, 0.717) is 11.1 Å². The summed E-state index contributed by atoms with van der Waals surface area (Å²) in [6, 6.07) is 10.3. The van der Waals surface area contributed by atoms with Crippen molar-refractivity contribution >= 4 is 43.1 Å². The highest BCUT2D eigenvalue weighted by molar-refractivity contribution is 7.93. The van der Waals surface area contributed by atoms with Gasteiger partial charge in [-0.1, -0.05) is 17.7 Å². The van der Waals surface area contributed by atoms with E-state index in [1.807, 2.05) is 0 Å². The van der Waals surface area contributed by atoms with Crippen molar-refractivity contribution in [3.8, 4) is 0 Å². The third kappa shape index (κ3) is 7.22. The van der Waals surface area contributed by atoms with Crippen molar-refractivity contribution in [1.82, 2.24) is 4.90 Å². The molecule has 1 heterocycles. The molecule has 13 heteroatoms. The summed E-state index contributed by atoms with van der Waals surface area (Å²) < 4.78 is 95.4. The normalized spacial score (nSPS) is 15.9. The molecule has 4 rings (SSSR count). The highest BCUT2D eigenvalue weighted by Crippen LogP contribution is 2.37. The van der Waals surface area contributed by atoms with Gasteiger partial charge in [0.25, 0.3) is 10.0 Å². The van der Waals surface area contributed by atoms with E-state index in [0.717, 1.165) is 28.6 Å². The minimum absolute atomic E-state index is 0.0652. The third-order valence-corrected chi connectivity index (χ3v) is 10.7. The number of hydrogen-bond donors (Lipinski definition) is 0. The van der Waals surface area contributed by atoms with Gasteiger partial charge >= 0.3 is 0 Å². The van der Waals surface area contributed by atoms with Gasteiger partial charge in [-0.15, -0.1) is 0 Å². The van der Waals surface area contributed by atoms with Crippen LogP contribution in [0.1, 0.15) is 36.9 Å². The Labute approximate surface area is 242 Å². The van der Waals surface area contributed by atoms with Gasteiger partial charge in [0.1, 0.15) is 17.5 Å². The van der Waals surface area contributed by atoms with Crippen LogP contribution in [-0.4, -0.2) is 52.2 Å². The second-order valence-corrected chi connectivity index (χ2v) is 14.3. The third-order valence-electron chi connectivity index (χ3n) is 6.96. The molecule has 1 aliphatic heterocycles. The Morgan fingerprint density at radius 1 is 0.976 bits per heavy atom. The van der Waals surface area contributed by atoms with Crippen molar-refractivity contribution in [2.75, 3.05) is 28.9 Å². The van der Waals surface area contributed by atoms with Crippen molar-refractivity contribution in [3.05, 3.63) is 94.3 Å². The summed E-state index contributed by atoms with van der Waals surface area (Å²) in [6.07, 6.45) is 0.509. The number of sulfone groups is 1. The largest absolute Gasteiger partial charge is 0.341 e. The second kappa shape index (κ2) is 12.4. The number of sulfonamides is 1. The Kier molecular flexibility index (Phi) is 9.35. The van der Waals surface area contributed by atoms with Gasteiger partial charge in [-0.25, -0.2) is 30.0 Å². The Morgan fingerprint density at radius 2 is 1.59 bits per heavy atom. The van der Waals surface area contributed by atoms with Crippen LogP contribution in [0.3, 0.4) is 0 Å². The zero-order valence-electron chi connectivity index (χ0n) is 22.1. The molecule has 220 valence electrons. The molecular formula is C28H28ClF3N2O5S2. The second-order valence-electron chi connectivity index (χ2n) is 9.76. The lowest BCUT2D eigenvalue weighted by molar-refractivity contribution is -0.130. The average Bonchev–Trinajstić information content (AvgIpc) is 2.91. The van der Waals surface area contributed by atoms with E-state index < -0.39 is 49.0 Å². The summed E-state index contributed by atoms with van der Waals surface area (Å²) in [5.41, 5.74) is 0.196. The minimum atomic E-state index is -4.48. The fourth-order valence-corrected chi connectivity index (χ4v) is 7.76. The van der Waals surface area contributed by atoms with Crippen molar-refractivity contribution in [3.63, 3.8) is 0 Å². The molecule has 1 atom stereocenters. The van der Waals surface area contributed by atoms with Gasteiger partial charge in [0.15, 0.2) is 9.84 Å². The zero-order valence-corrected chi connectivity index (χ0v) is 24.5. The topological polar surface area (TPSA) is 91.8 Å². The lowest BCUT2D eigenvalue weighted by Gasteiger charge is -2.32. The first-order valence-electron chi connectivity index (χ1n) is 12.8. The number of amides is 1. The predicted octanol–water partition coefficient (Wildman–Crippen LogP) is 5.29. The summed E-state index contributed by atoms with van der Waals surface area (Å²) in [6.45, 7) is 1.70. The molecule has 3 aromatic carbocycles. The van der Waals surface area contributed by atoms with Gasteiger partial charge < -0.3 is 4.90 Å². The molecule has 0 spiro atoms. The molecule has 0 aromatic heterocycles. The van der Waals surface area contributed by atoms with Gasteiger partial charge in [-0.05, 0) is 79.4 Å². The smallest absolute Gasteiger partial charge is 0.264 e. The van der Waals surface area contributed by atoms with Crippen LogP contribution in [0.25, 0.3) is 0 Å². The van der Waals surface area contributed by atoms with Gasteiger partial charge in [0.05, 0.1) is 28.1 Å². The predicted molar refractivity (Wildman–Crippen MR) is 150 cm³/mol. The first-order chi connectivity index (χ1) is 19.3. The number of carbonyl (C=O) groups excluding carboxylic acids is 1. The number of aryl methyl sites for hydroxylation is 1. The molecule has 0 unspecified atom stereocenters. The van der Waals surface area contributed by atoms with Crippen molar-refractivity contribution in [2.24, 2.45) is 0 Å². The summed E-state index contributed by atoms with van der Waals surface area (Å²) >= 11 is 5.92. The van der Waals surface area contributed by atoms with E-state index in [1.54, 1.807) is 0 Å². The minimum Gasteiger partial charge on any atom is -0.341 e. The molecule has 0 aliphatic carbocycles. The fourth-order valence-electron chi connectivity index (χ4n) is 4.80. The summed E-state index contributed by atoms with van der Waals surface area (Å²) in [5, 5.41) is 0.280. The summed E-state index contributed by atoms with van der Waals surface area (Å²) in [4.78, 5) is 13.9. The molecule has 0 saturated carbocycles. The highest BCUT2D eigenvalue weighted by Gasteiger charge is 2.34. The number of carbonyl (C=O) groups is 1. The number of benzene rings is 3. The Hall–Kier alpha value is -3.09.